The van der Waals surface area contributed by atoms with Crippen molar-refractivity contribution in [1.82, 2.24) is 14.9 Å². The van der Waals surface area contributed by atoms with Crippen LogP contribution in [0.2, 0.25) is 0 Å². The highest BCUT2D eigenvalue weighted by molar-refractivity contribution is 5.85. The predicted molar refractivity (Wildman–Crippen MR) is 94.6 cm³/mol. The van der Waals surface area contributed by atoms with Crippen LogP contribution < -0.4 is 5.73 Å². The van der Waals surface area contributed by atoms with Crippen molar-refractivity contribution in [3.8, 4) is 0 Å². The first kappa shape index (κ1) is 19.8. The minimum absolute atomic E-state index is 0. The molecule has 130 valence electrons. The highest BCUT2D eigenvalue weighted by Crippen LogP contribution is 2.26. The topological polar surface area (TPSA) is 72.1 Å². The summed E-state index contributed by atoms with van der Waals surface area (Å²) in [6.07, 6.45) is 4.99. The van der Waals surface area contributed by atoms with Gasteiger partial charge in [0.05, 0.1) is 0 Å². The summed E-state index contributed by atoms with van der Waals surface area (Å²) in [6.45, 7) is 6.96. The van der Waals surface area contributed by atoms with Crippen LogP contribution in [-0.2, 0) is 17.6 Å². The van der Waals surface area contributed by atoms with E-state index in [2.05, 4.69) is 23.8 Å². The summed E-state index contributed by atoms with van der Waals surface area (Å²) >= 11 is 0. The number of nitrogens with two attached hydrogens (primary N) is 1. The minimum Gasteiger partial charge on any atom is -0.345 e. The number of aromatic nitrogens is 2. The molecule has 5 nitrogen and oxygen atoms in total. The standard InChI is InChI=1S/C17H28N4O.ClH/c1-11(2)15(18)7-8-21(4)17(22)13-5-6-16-14(9-13)12(3)19-10-20-16;/h10-11,13,15H,5-9,18H2,1-4H3;1H. The molecule has 1 heterocycles. The zero-order valence-corrected chi connectivity index (χ0v) is 15.4. The lowest BCUT2D eigenvalue weighted by Crippen LogP contribution is -2.39. The number of hydrogen-bond donors (Lipinski definition) is 1. The molecule has 0 aromatic carbocycles. The van der Waals surface area contributed by atoms with Gasteiger partial charge in [0.1, 0.15) is 6.33 Å². The Bertz CT molecular complexity index is 535. The van der Waals surface area contributed by atoms with Gasteiger partial charge in [-0.3, -0.25) is 4.79 Å². The molecule has 1 aliphatic carbocycles. The summed E-state index contributed by atoms with van der Waals surface area (Å²) < 4.78 is 0. The van der Waals surface area contributed by atoms with Gasteiger partial charge in [-0.2, -0.15) is 0 Å². The first-order chi connectivity index (χ1) is 10.4. The highest BCUT2D eigenvalue weighted by atomic mass is 35.5. The molecule has 0 spiro atoms. The van der Waals surface area contributed by atoms with Crippen LogP contribution in [0.3, 0.4) is 0 Å². The number of carbonyl (C=O) groups is 1. The normalized spacial score (nSPS) is 18.1. The molecule has 2 rings (SSSR count). The van der Waals surface area contributed by atoms with E-state index in [1.807, 2.05) is 18.9 Å². The van der Waals surface area contributed by atoms with Gasteiger partial charge >= 0.3 is 0 Å². The van der Waals surface area contributed by atoms with Crippen molar-refractivity contribution in [3.05, 3.63) is 23.3 Å². The Balaban J connectivity index is 0.00000264. The average molecular weight is 341 g/mol. The van der Waals surface area contributed by atoms with Gasteiger partial charge < -0.3 is 10.6 Å². The number of rotatable bonds is 5. The Morgan fingerprint density at radius 1 is 1.43 bits per heavy atom. The number of halogens is 1. The molecule has 6 heteroatoms. The fourth-order valence-electron chi connectivity index (χ4n) is 3.00. The van der Waals surface area contributed by atoms with Crippen molar-refractivity contribution in [2.24, 2.45) is 17.6 Å². The lowest BCUT2D eigenvalue weighted by atomic mass is 9.85. The third kappa shape index (κ3) is 4.88. The Hall–Kier alpha value is -1.20. The minimum atomic E-state index is 0. The molecule has 1 aliphatic rings. The summed E-state index contributed by atoms with van der Waals surface area (Å²) in [4.78, 5) is 23.1. The maximum Gasteiger partial charge on any atom is 0.225 e. The fraction of sp³-hybridized carbons (Fsp3) is 0.706. The van der Waals surface area contributed by atoms with Gasteiger partial charge in [0, 0.05) is 36.9 Å². The molecular formula is C17H29ClN4O. The van der Waals surface area contributed by atoms with Gasteiger partial charge in [0.15, 0.2) is 0 Å². The largest absolute Gasteiger partial charge is 0.345 e. The van der Waals surface area contributed by atoms with Gasteiger partial charge in [-0.25, -0.2) is 9.97 Å². The highest BCUT2D eigenvalue weighted by Gasteiger charge is 2.28. The monoisotopic (exact) mass is 340 g/mol. The quantitative estimate of drug-likeness (QED) is 0.891. The van der Waals surface area contributed by atoms with Gasteiger partial charge in [0.25, 0.3) is 0 Å². The van der Waals surface area contributed by atoms with E-state index < -0.39 is 0 Å². The summed E-state index contributed by atoms with van der Waals surface area (Å²) in [6, 6.07) is 0.151. The van der Waals surface area contributed by atoms with E-state index in [1.54, 1.807) is 6.33 Å². The van der Waals surface area contributed by atoms with Crippen molar-refractivity contribution < 1.29 is 4.79 Å². The van der Waals surface area contributed by atoms with E-state index in [9.17, 15) is 4.79 Å². The van der Waals surface area contributed by atoms with Gasteiger partial charge in [-0.1, -0.05) is 13.8 Å². The molecule has 1 amide bonds. The van der Waals surface area contributed by atoms with Crippen LogP contribution in [0.4, 0.5) is 0 Å². The molecule has 0 bridgehead atoms. The molecule has 1 aromatic heterocycles. The van der Waals surface area contributed by atoms with Gasteiger partial charge in [-0.15, -0.1) is 12.4 Å². The maximum atomic E-state index is 12.6. The van der Waals surface area contributed by atoms with Crippen molar-refractivity contribution >= 4 is 18.3 Å². The molecule has 2 atom stereocenters. The molecular weight excluding hydrogens is 312 g/mol. The van der Waals surface area contributed by atoms with E-state index in [4.69, 9.17) is 5.73 Å². The first-order valence-electron chi connectivity index (χ1n) is 8.20. The smallest absolute Gasteiger partial charge is 0.225 e. The van der Waals surface area contributed by atoms with Crippen molar-refractivity contribution in [2.75, 3.05) is 13.6 Å². The van der Waals surface area contributed by atoms with Crippen LogP contribution in [0.1, 0.15) is 43.6 Å². The predicted octanol–water partition coefficient (Wildman–Crippen LogP) is 2.14. The molecule has 0 aliphatic heterocycles. The summed E-state index contributed by atoms with van der Waals surface area (Å²) in [5.74, 6) is 0.729. The number of carbonyl (C=O) groups excluding carboxylic acids is 1. The molecule has 2 N–H and O–H groups in total. The number of amides is 1. The Labute approximate surface area is 145 Å². The van der Waals surface area contributed by atoms with Crippen LogP contribution in [0.25, 0.3) is 0 Å². The average Bonchev–Trinajstić information content (AvgIpc) is 2.51. The number of aryl methyl sites for hydroxylation is 2. The van der Waals surface area contributed by atoms with Crippen LogP contribution >= 0.6 is 12.4 Å². The Kier molecular flexibility index (Phi) is 7.42. The van der Waals surface area contributed by atoms with E-state index in [0.29, 0.717) is 5.92 Å². The summed E-state index contributed by atoms with van der Waals surface area (Å²) in [5.41, 5.74) is 9.36. The Morgan fingerprint density at radius 3 is 2.78 bits per heavy atom. The zero-order valence-electron chi connectivity index (χ0n) is 14.6. The van der Waals surface area contributed by atoms with Crippen LogP contribution in [0.5, 0.6) is 0 Å². The van der Waals surface area contributed by atoms with E-state index >= 15 is 0 Å². The second-order valence-corrected chi connectivity index (χ2v) is 6.78. The third-order valence-corrected chi connectivity index (χ3v) is 4.81. The molecule has 0 radical (unpaired) electrons. The van der Waals surface area contributed by atoms with Crippen LogP contribution in [0, 0.1) is 18.8 Å². The molecule has 0 saturated heterocycles. The molecule has 0 fully saturated rings. The second-order valence-electron chi connectivity index (χ2n) is 6.78. The third-order valence-electron chi connectivity index (χ3n) is 4.81. The maximum absolute atomic E-state index is 12.6. The first-order valence-corrected chi connectivity index (χ1v) is 8.20. The summed E-state index contributed by atoms with van der Waals surface area (Å²) in [5, 5.41) is 0. The molecule has 2 unspecified atom stereocenters. The fourth-order valence-corrected chi connectivity index (χ4v) is 3.00. The van der Waals surface area contributed by atoms with Crippen LogP contribution in [-0.4, -0.2) is 40.4 Å². The van der Waals surface area contributed by atoms with Gasteiger partial charge in [0.2, 0.25) is 5.91 Å². The van der Waals surface area contributed by atoms with E-state index in [0.717, 1.165) is 43.6 Å². The summed E-state index contributed by atoms with van der Waals surface area (Å²) in [7, 11) is 1.89. The van der Waals surface area contributed by atoms with Crippen molar-refractivity contribution in [3.63, 3.8) is 0 Å². The molecule has 0 saturated carbocycles. The number of fused-ring (bicyclic) bond motifs is 1. The number of nitrogens with zero attached hydrogens (tertiary/aromatic N) is 3. The van der Waals surface area contributed by atoms with Crippen LogP contribution in [0.15, 0.2) is 6.33 Å². The lowest BCUT2D eigenvalue weighted by Gasteiger charge is -2.29. The molecule has 23 heavy (non-hydrogen) atoms. The van der Waals surface area contributed by atoms with Gasteiger partial charge in [-0.05, 0) is 44.1 Å². The van der Waals surface area contributed by atoms with E-state index in [1.165, 1.54) is 5.56 Å². The van der Waals surface area contributed by atoms with E-state index in [-0.39, 0.29) is 30.3 Å². The molecule has 1 aromatic rings. The van der Waals surface area contributed by atoms with Crippen molar-refractivity contribution in [2.45, 2.75) is 52.5 Å². The number of hydrogen-bond acceptors (Lipinski definition) is 4. The van der Waals surface area contributed by atoms with Crippen molar-refractivity contribution in [1.29, 1.82) is 0 Å². The lowest BCUT2D eigenvalue weighted by molar-refractivity contribution is -0.134. The zero-order chi connectivity index (χ0) is 16.3. The SMILES string of the molecule is Cc1ncnc2c1CC(C(=O)N(C)CCC(N)C(C)C)CC2.Cl. The second kappa shape index (κ2) is 8.60. The Morgan fingerprint density at radius 2 is 2.13 bits per heavy atom.